The van der Waals surface area contributed by atoms with Gasteiger partial charge in [-0.05, 0) is 12.1 Å². The molecule has 0 spiro atoms. The molecule has 0 radical (unpaired) electrons. The normalized spacial score (nSPS) is 10.8. The molecule has 0 heterocycles. The second-order valence-corrected chi connectivity index (χ2v) is 3.35. The van der Waals surface area contributed by atoms with E-state index >= 15 is 0 Å². The molecule has 14 heavy (non-hydrogen) atoms. The summed E-state index contributed by atoms with van der Waals surface area (Å²) in [6.45, 7) is 0.696. The largest absolute Gasteiger partial charge is 0.369 e. The Morgan fingerprint density at radius 3 is 2.71 bits per heavy atom. The number of nitrogens with zero attached hydrogens (tertiary/aromatic N) is 1. The van der Waals surface area contributed by atoms with Gasteiger partial charge in [0.1, 0.15) is 5.82 Å². The van der Waals surface area contributed by atoms with Gasteiger partial charge in [0.05, 0.1) is 5.69 Å². The van der Waals surface area contributed by atoms with Gasteiger partial charge in [-0.15, -0.1) is 0 Å². The van der Waals surface area contributed by atoms with E-state index < -0.39 is 0 Å². The van der Waals surface area contributed by atoms with Crippen molar-refractivity contribution in [2.24, 2.45) is 0 Å². The highest BCUT2D eigenvalue weighted by Crippen LogP contribution is 2.16. The van der Waals surface area contributed by atoms with Crippen LogP contribution < -0.4 is 4.90 Å². The summed E-state index contributed by atoms with van der Waals surface area (Å²) >= 11 is 4.05. The minimum Gasteiger partial charge on any atom is -0.369 e. The molecule has 0 bridgehead atoms. The number of halogens is 1. The fourth-order valence-corrected chi connectivity index (χ4v) is 1.32. The number of likely N-dealkylation sites (N-methyl/N-ethyl adjacent to an activating group) is 1. The molecular weight excluding hydrogens is 197 g/mol. The molecule has 0 unspecified atom stereocenters. The first-order valence-corrected chi connectivity index (χ1v) is 5.10. The molecule has 0 saturated carbocycles. The molecule has 76 valence electrons. The zero-order chi connectivity index (χ0) is 10.4. The molecule has 0 aromatic heterocycles. The zero-order valence-electron chi connectivity index (χ0n) is 8.15. The molecule has 0 amide bonds. The summed E-state index contributed by atoms with van der Waals surface area (Å²) in [6, 6.07) is 6.76. The van der Waals surface area contributed by atoms with E-state index in [4.69, 9.17) is 0 Å². The molecule has 0 N–H and O–H groups in total. The molecule has 0 atom stereocenters. The van der Waals surface area contributed by atoms with E-state index in [2.05, 4.69) is 12.6 Å². The summed E-state index contributed by atoms with van der Waals surface area (Å²) in [5.74, 6) is 0.528. The summed E-state index contributed by atoms with van der Waals surface area (Å²) in [5, 5.41) is 0. The lowest BCUT2D eigenvalue weighted by Crippen LogP contribution is -2.17. The highest BCUT2D eigenvalue weighted by molar-refractivity contribution is 7.80. The molecule has 0 aliphatic carbocycles. The first-order valence-electron chi connectivity index (χ1n) is 4.47. The SMILES string of the molecule is CN(CC=CCS)c1ccccc1F. The third kappa shape index (κ3) is 3.07. The van der Waals surface area contributed by atoms with Crippen molar-refractivity contribution in [3.8, 4) is 0 Å². The van der Waals surface area contributed by atoms with Crippen LogP contribution >= 0.6 is 12.6 Å². The molecule has 0 aliphatic heterocycles. The van der Waals surface area contributed by atoms with Crippen LogP contribution in [0.2, 0.25) is 0 Å². The topological polar surface area (TPSA) is 3.24 Å². The van der Waals surface area contributed by atoms with Crippen LogP contribution in [-0.2, 0) is 0 Å². The van der Waals surface area contributed by atoms with Crippen LogP contribution in [0.4, 0.5) is 10.1 Å². The van der Waals surface area contributed by atoms with Crippen LogP contribution in [0.1, 0.15) is 0 Å². The molecular formula is C11H14FNS. The summed E-state index contributed by atoms with van der Waals surface area (Å²) < 4.78 is 13.3. The molecule has 0 fully saturated rings. The second-order valence-electron chi connectivity index (χ2n) is 2.99. The highest BCUT2D eigenvalue weighted by atomic mass is 32.1. The minimum atomic E-state index is -0.186. The Labute approximate surface area is 89.6 Å². The van der Waals surface area contributed by atoms with E-state index in [1.807, 2.05) is 30.2 Å². The number of rotatable bonds is 4. The Kier molecular flexibility index (Phi) is 4.53. The van der Waals surface area contributed by atoms with Gasteiger partial charge in [-0.3, -0.25) is 0 Å². The predicted octanol–water partition coefficient (Wildman–Crippen LogP) is 2.75. The predicted molar refractivity (Wildman–Crippen MR) is 62.7 cm³/mol. The van der Waals surface area contributed by atoms with E-state index in [0.29, 0.717) is 18.0 Å². The van der Waals surface area contributed by atoms with Gasteiger partial charge in [0.15, 0.2) is 0 Å². The van der Waals surface area contributed by atoms with Crippen LogP contribution in [0.5, 0.6) is 0 Å². The molecule has 0 aliphatic rings. The fraction of sp³-hybridized carbons (Fsp3) is 0.273. The lowest BCUT2D eigenvalue weighted by atomic mass is 10.3. The van der Waals surface area contributed by atoms with Crippen molar-refractivity contribution >= 4 is 18.3 Å². The third-order valence-electron chi connectivity index (χ3n) is 1.92. The van der Waals surface area contributed by atoms with Crippen molar-refractivity contribution in [3.05, 3.63) is 42.2 Å². The average Bonchev–Trinajstić information content (AvgIpc) is 2.18. The number of anilines is 1. The van der Waals surface area contributed by atoms with Crippen LogP contribution in [0.15, 0.2) is 36.4 Å². The van der Waals surface area contributed by atoms with Crippen LogP contribution in [0, 0.1) is 5.82 Å². The van der Waals surface area contributed by atoms with Crippen molar-refractivity contribution in [1.82, 2.24) is 0 Å². The standard InChI is InChI=1S/C11H14FNS/c1-13(8-4-5-9-14)11-7-3-2-6-10(11)12/h2-7,14H,8-9H2,1H3. The monoisotopic (exact) mass is 211 g/mol. The smallest absolute Gasteiger partial charge is 0.146 e. The molecule has 1 aromatic carbocycles. The minimum absolute atomic E-state index is 0.186. The maximum absolute atomic E-state index is 13.3. The van der Waals surface area contributed by atoms with E-state index in [1.54, 1.807) is 12.1 Å². The molecule has 3 heteroatoms. The Bertz CT molecular complexity index is 312. The van der Waals surface area contributed by atoms with Crippen molar-refractivity contribution < 1.29 is 4.39 Å². The third-order valence-corrected chi connectivity index (χ3v) is 2.13. The number of hydrogen-bond acceptors (Lipinski definition) is 2. The van der Waals surface area contributed by atoms with Crippen LogP contribution in [0.3, 0.4) is 0 Å². The lowest BCUT2D eigenvalue weighted by molar-refractivity contribution is 0.624. The maximum atomic E-state index is 13.3. The van der Waals surface area contributed by atoms with Gasteiger partial charge in [0.2, 0.25) is 0 Å². The van der Waals surface area contributed by atoms with Gasteiger partial charge in [0.25, 0.3) is 0 Å². The number of hydrogen-bond donors (Lipinski definition) is 1. The second kappa shape index (κ2) is 5.70. The average molecular weight is 211 g/mol. The van der Waals surface area contributed by atoms with Crippen LogP contribution in [0.25, 0.3) is 0 Å². The van der Waals surface area contributed by atoms with Crippen molar-refractivity contribution in [1.29, 1.82) is 0 Å². The van der Waals surface area contributed by atoms with E-state index in [9.17, 15) is 4.39 Å². The summed E-state index contributed by atoms with van der Waals surface area (Å²) in [4.78, 5) is 1.86. The quantitative estimate of drug-likeness (QED) is 0.592. The molecule has 1 rings (SSSR count). The van der Waals surface area contributed by atoms with Gasteiger partial charge in [0, 0.05) is 19.3 Å². The Balaban J connectivity index is 2.65. The first kappa shape index (κ1) is 11.1. The van der Waals surface area contributed by atoms with Gasteiger partial charge in [-0.25, -0.2) is 4.39 Å². The van der Waals surface area contributed by atoms with Gasteiger partial charge >= 0.3 is 0 Å². The van der Waals surface area contributed by atoms with Gasteiger partial charge in [-0.2, -0.15) is 12.6 Å². The van der Waals surface area contributed by atoms with Crippen molar-refractivity contribution in [2.75, 3.05) is 24.2 Å². The van der Waals surface area contributed by atoms with Crippen LogP contribution in [-0.4, -0.2) is 19.3 Å². The highest BCUT2D eigenvalue weighted by Gasteiger charge is 2.03. The Morgan fingerprint density at radius 2 is 2.07 bits per heavy atom. The lowest BCUT2D eigenvalue weighted by Gasteiger charge is -2.17. The fourth-order valence-electron chi connectivity index (χ4n) is 1.17. The van der Waals surface area contributed by atoms with Crippen molar-refractivity contribution in [3.63, 3.8) is 0 Å². The summed E-state index contributed by atoms with van der Waals surface area (Å²) in [5.41, 5.74) is 0.622. The Hall–Kier alpha value is -0.960. The molecule has 1 aromatic rings. The summed E-state index contributed by atoms with van der Waals surface area (Å²) in [6.07, 6.45) is 3.92. The van der Waals surface area contributed by atoms with E-state index in [-0.39, 0.29) is 5.82 Å². The zero-order valence-corrected chi connectivity index (χ0v) is 9.05. The molecule has 0 saturated heterocycles. The number of thiol groups is 1. The number of para-hydroxylation sites is 1. The van der Waals surface area contributed by atoms with Gasteiger partial charge < -0.3 is 4.90 Å². The van der Waals surface area contributed by atoms with E-state index in [0.717, 1.165) is 0 Å². The summed E-state index contributed by atoms with van der Waals surface area (Å²) in [7, 11) is 1.86. The van der Waals surface area contributed by atoms with Gasteiger partial charge in [-0.1, -0.05) is 24.3 Å². The van der Waals surface area contributed by atoms with E-state index in [1.165, 1.54) is 6.07 Å². The first-order chi connectivity index (χ1) is 6.75. The maximum Gasteiger partial charge on any atom is 0.146 e. The number of benzene rings is 1. The Morgan fingerprint density at radius 1 is 1.36 bits per heavy atom. The van der Waals surface area contributed by atoms with Crippen molar-refractivity contribution in [2.45, 2.75) is 0 Å². The molecule has 1 nitrogen and oxygen atoms in total.